The van der Waals surface area contributed by atoms with Gasteiger partial charge in [-0.1, -0.05) is 64.4 Å². The van der Waals surface area contributed by atoms with Gasteiger partial charge in [0.15, 0.2) is 5.78 Å². The van der Waals surface area contributed by atoms with Gasteiger partial charge in [-0.05, 0) is 37.3 Å². The Bertz CT molecular complexity index is 665. The van der Waals surface area contributed by atoms with E-state index in [1.807, 2.05) is 0 Å². The predicted octanol–water partition coefficient (Wildman–Crippen LogP) is 5.93. The first-order valence-electron chi connectivity index (χ1n) is 11.8. The molecule has 0 aliphatic heterocycles. The van der Waals surface area contributed by atoms with Crippen LogP contribution < -0.4 is 9.47 Å². The van der Waals surface area contributed by atoms with E-state index in [1.54, 1.807) is 18.2 Å². The number of rotatable bonds is 13. The van der Waals surface area contributed by atoms with Gasteiger partial charge in [0.05, 0.1) is 29.9 Å². The molecule has 2 rings (SSSR count). The van der Waals surface area contributed by atoms with Crippen LogP contribution in [0.4, 0.5) is 0 Å². The van der Waals surface area contributed by atoms with Gasteiger partial charge >= 0.3 is 5.97 Å². The summed E-state index contributed by atoms with van der Waals surface area (Å²) in [7, 11) is 3.66. The fourth-order valence-electron chi connectivity index (χ4n) is 4.38. The Morgan fingerprint density at radius 1 is 0.938 bits per heavy atom. The monoisotopic (exact) mass is 468 g/mol. The molecule has 0 radical (unpaired) electrons. The maximum atomic E-state index is 13.6. The lowest BCUT2D eigenvalue weighted by Gasteiger charge is -2.28. The van der Waals surface area contributed by atoms with Gasteiger partial charge in [0.1, 0.15) is 23.0 Å². The molecule has 2 unspecified atom stereocenters. The lowest BCUT2D eigenvalue weighted by atomic mass is 9.76. The molecule has 1 aliphatic carbocycles. The zero-order valence-corrected chi connectivity index (χ0v) is 21.4. The molecule has 0 amide bonds. The molecule has 6 nitrogen and oxygen atoms in total. The third-order valence-electron chi connectivity index (χ3n) is 6.07. The van der Waals surface area contributed by atoms with Gasteiger partial charge in [-0.3, -0.25) is 9.59 Å². The molecule has 0 bridgehead atoms. The highest BCUT2D eigenvalue weighted by Gasteiger charge is 2.39. The lowest BCUT2D eigenvalue weighted by molar-refractivity contribution is -0.149. The highest BCUT2D eigenvalue weighted by molar-refractivity contribution is 7.00. The smallest absolute Gasteiger partial charge is 0.317 e. The maximum absolute atomic E-state index is 13.6. The van der Waals surface area contributed by atoms with Gasteiger partial charge in [-0.25, -0.2) is 0 Å². The first kappa shape index (κ1) is 28.2. The number of carbonyl (C=O) groups is 2. The number of esters is 1. The van der Waals surface area contributed by atoms with E-state index in [4.69, 9.17) is 18.8 Å². The van der Waals surface area contributed by atoms with Crippen LogP contribution >= 0.6 is 9.12 Å². The Labute approximate surface area is 195 Å². The fraction of sp³-hybridized carbons (Fsp3) is 0.680. The van der Waals surface area contributed by atoms with Gasteiger partial charge in [0.2, 0.25) is 0 Å². The number of carbonyl (C=O) groups excluding carboxylic acids is 2. The minimum absolute atomic E-state index is 0.0120. The maximum Gasteiger partial charge on any atom is 0.317 e. The van der Waals surface area contributed by atoms with E-state index in [9.17, 15) is 9.59 Å². The average molecular weight is 469 g/mol. The van der Waals surface area contributed by atoms with E-state index in [0.717, 1.165) is 51.4 Å². The molecule has 0 N–H and O–H groups in total. The SMILES string of the molecule is CCCCCCCCOC(=O)C(C(=O)c1c(OC)cccc1OC)C1CCCCC1.O=[PH3]. The van der Waals surface area contributed by atoms with Crippen LogP contribution in [0.2, 0.25) is 0 Å². The van der Waals surface area contributed by atoms with Crippen LogP contribution in [0.15, 0.2) is 18.2 Å². The van der Waals surface area contributed by atoms with E-state index in [-0.39, 0.29) is 11.7 Å². The number of hydrogen-bond acceptors (Lipinski definition) is 6. The van der Waals surface area contributed by atoms with Crippen molar-refractivity contribution in [2.45, 2.75) is 77.6 Å². The van der Waals surface area contributed by atoms with Gasteiger partial charge < -0.3 is 18.8 Å². The van der Waals surface area contributed by atoms with E-state index < -0.39 is 11.9 Å². The van der Waals surface area contributed by atoms with E-state index in [1.165, 1.54) is 33.5 Å². The second-order valence-corrected chi connectivity index (χ2v) is 8.21. The summed E-state index contributed by atoms with van der Waals surface area (Å²) in [5, 5.41) is 0. The Kier molecular flexibility index (Phi) is 14.8. The van der Waals surface area contributed by atoms with Crippen molar-refractivity contribution in [1.82, 2.24) is 0 Å². The van der Waals surface area contributed by atoms with E-state index >= 15 is 0 Å². The normalized spacial score (nSPS) is 14.7. The number of benzene rings is 1. The quantitative estimate of drug-likeness (QED) is 0.117. The number of ketones is 1. The van der Waals surface area contributed by atoms with Gasteiger partial charge in [0, 0.05) is 0 Å². The molecule has 2 atom stereocenters. The fourth-order valence-corrected chi connectivity index (χ4v) is 4.38. The van der Waals surface area contributed by atoms with Crippen LogP contribution in [0.1, 0.15) is 87.9 Å². The van der Waals surface area contributed by atoms with Gasteiger partial charge in [0.25, 0.3) is 0 Å². The second kappa shape index (κ2) is 16.8. The largest absolute Gasteiger partial charge is 0.496 e. The molecule has 0 spiro atoms. The topological polar surface area (TPSA) is 78.9 Å². The number of methoxy groups -OCH3 is 2. The van der Waals surface area contributed by atoms with E-state index in [0.29, 0.717) is 32.8 Å². The van der Waals surface area contributed by atoms with Gasteiger partial charge in [-0.2, -0.15) is 0 Å². The van der Waals surface area contributed by atoms with Crippen LogP contribution in [-0.2, 0) is 14.1 Å². The highest BCUT2D eigenvalue weighted by atomic mass is 31.0. The molecule has 1 aliphatic rings. The van der Waals surface area contributed by atoms with Crippen molar-refractivity contribution in [3.63, 3.8) is 0 Å². The zero-order chi connectivity index (χ0) is 23.8. The summed E-state index contributed by atoms with van der Waals surface area (Å²) in [6.45, 7) is 2.57. The van der Waals surface area contributed by atoms with Crippen molar-refractivity contribution in [2.24, 2.45) is 11.8 Å². The number of ether oxygens (including phenoxy) is 3. The molecular formula is C25H41O6P. The Balaban J connectivity index is 0.00000249. The molecule has 0 aromatic heterocycles. The minimum atomic E-state index is -0.796. The van der Waals surface area contributed by atoms with Crippen LogP contribution in [-0.4, -0.2) is 32.6 Å². The summed E-state index contributed by atoms with van der Waals surface area (Å²) in [6.07, 6.45) is 11.7. The summed E-state index contributed by atoms with van der Waals surface area (Å²) in [5.74, 6) is -0.557. The predicted molar refractivity (Wildman–Crippen MR) is 130 cm³/mol. The summed E-state index contributed by atoms with van der Waals surface area (Å²) in [5.41, 5.74) is 0.342. The summed E-state index contributed by atoms with van der Waals surface area (Å²) in [6, 6.07) is 5.24. The van der Waals surface area contributed by atoms with E-state index in [2.05, 4.69) is 6.92 Å². The third-order valence-corrected chi connectivity index (χ3v) is 6.07. The van der Waals surface area contributed by atoms with Gasteiger partial charge in [-0.15, -0.1) is 0 Å². The first-order chi connectivity index (χ1) is 15.6. The summed E-state index contributed by atoms with van der Waals surface area (Å²) >= 11 is 0. The first-order valence-corrected chi connectivity index (χ1v) is 12.4. The zero-order valence-electron chi connectivity index (χ0n) is 20.0. The Hall–Kier alpha value is -1.81. The van der Waals surface area contributed by atoms with Crippen molar-refractivity contribution >= 4 is 20.9 Å². The molecule has 1 aromatic rings. The summed E-state index contributed by atoms with van der Waals surface area (Å²) in [4.78, 5) is 26.7. The number of unbranched alkanes of at least 4 members (excludes halogenated alkanes) is 5. The number of Topliss-reactive ketones (excluding diaryl/α,β-unsaturated/α-hetero) is 1. The van der Waals surface area contributed by atoms with Crippen molar-refractivity contribution in [3.8, 4) is 11.5 Å². The highest BCUT2D eigenvalue weighted by Crippen LogP contribution is 2.37. The molecule has 182 valence electrons. The molecule has 32 heavy (non-hydrogen) atoms. The minimum Gasteiger partial charge on any atom is -0.496 e. The molecule has 1 saturated carbocycles. The van der Waals surface area contributed by atoms with Crippen molar-refractivity contribution in [1.29, 1.82) is 0 Å². The standard InChI is InChI=1S/C25H38O5.H3OP/c1-4-5-6-7-8-12-18-30-25(27)22(19-14-10-9-11-15-19)24(26)23-20(28-2)16-13-17-21(23)29-3;1-2/h13,16-17,19,22H,4-12,14-15,18H2,1-3H3;2H3. The van der Waals surface area contributed by atoms with Crippen molar-refractivity contribution in [2.75, 3.05) is 20.8 Å². The van der Waals surface area contributed by atoms with Crippen LogP contribution in [0.5, 0.6) is 11.5 Å². The van der Waals surface area contributed by atoms with Crippen molar-refractivity contribution in [3.05, 3.63) is 23.8 Å². The molecular weight excluding hydrogens is 427 g/mol. The summed E-state index contributed by atoms with van der Waals surface area (Å²) < 4.78 is 24.7. The molecule has 1 aromatic carbocycles. The van der Waals surface area contributed by atoms with Crippen LogP contribution in [0.25, 0.3) is 0 Å². The second-order valence-electron chi connectivity index (χ2n) is 8.21. The molecule has 0 saturated heterocycles. The number of hydrogen-bond donors (Lipinski definition) is 0. The third kappa shape index (κ3) is 8.61. The van der Waals surface area contributed by atoms with Crippen LogP contribution in [0.3, 0.4) is 0 Å². The molecule has 0 heterocycles. The molecule has 7 heteroatoms. The van der Waals surface area contributed by atoms with Crippen molar-refractivity contribution < 1.29 is 28.4 Å². The lowest BCUT2D eigenvalue weighted by Crippen LogP contribution is -2.35. The average Bonchev–Trinajstić information content (AvgIpc) is 2.84. The Morgan fingerprint density at radius 2 is 1.50 bits per heavy atom. The van der Waals surface area contributed by atoms with Crippen LogP contribution in [0, 0.1) is 11.8 Å². The molecule has 1 fully saturated rings. The Morgan fingerprint density at radius 3 is 2.06 bits per heavy atom.